The first-order valence-corrected chi connectivity index (χ1v) is 8.19. The van der Waals surface area contributed by atoms with Gasteiger partial charge in [-0.15, -0.1) is 0 Å². The monoisotopic (exact) mass is 343 g/mol. The molecule has 4 nitrogen and oxygen atoms in total. The Morgan fingerprint density at radius 3 is 2.52 bits per heavy atom. The second kappa shape index (κ2) is 5.24. The van der Waals surface area contributed by atoms with Gasteiger partial charge in [-0.05, 0) is 41.5 Å². The summed E-state index contributed by atoms with van der Waals surface area (Å²) >= 11 is 0. The highest BCUT2D eigenvalue weighted by Gasteiger charge is 2.33. The Morgan fingerprint density at radius 2 is 1.87 bits per heavy atom. The lowest BCUT2D eigenvalue weighted by molar-refractivity contribution is -0.137. The van der Waals surface area contributed by atoms with Crippen LogP contribution in [0.25, 0.3) is 0 Å². The number of sulfonamides is 1. The lowest BCUT2D eigenvalue weighted by Crippen LogP contribution is -2.13. The lowest BCUT2D eigenvalue weighted by Gasteiger charge is -2.12. The second-order valence-corrected chi connectivity index (χ2v) is 6.81. The molecule has 1 aliphatic heterocycles. The molecule has 122 valence electrons. The minimum absolute atomic E-state index is 0.0643. The van der Waals surface area contributed by atoms with Crippen molar-refractivity contribution in [3.05, 3.63) is 59.2 Å². The minimum atomic E-state index is -4.42. The van der Waals surface area contributed by atoms with E-state index < -0.39 is 27.9 Å². The molecule has 1 unspecified atom stereocenters. The smallest absolute Gasteiger partial charge is 0.416 e. The maximum atomic E-state index is 12.7. The molecule has 0 fully saturated rings. The number of rotatable bonds is 2. The van der Waals surface area contributed by atoms with E-state index in [1.165, 1.54) is 24.3 Å². The van der Waals surface area contributed by atoms with E-state index >= 15 is 0 Å². The number of fused-ring (bicyclic) bond motifs is 1. The summed E-state index contributed by atoms with van der Waals surface area (Å²) in [6.07, 6.45) is -4.73. The lowest BCUT2D eigenvalue weighted by atomic mass is 10.0. The maximum absolute atomic E-state index is 12.7. The first-order valence-electron chi connectivity index (χ1n) is 6.64. The van der Waals surface area contributed by atoms with Gasteiger partial charge in [0.2, 0.25) is 10.0 Å². The van der Waals surface area contributed by atoms with Crippen molar-refractivity contribution in [1.29, 1.82) is 0 Å². The van der Waals surface area contributed by atoms with E-state index in [4.69, 9.17) is 9.88 Å². The summed E-state index contributed by atoms with van der Waals surface area (Å²) < 4.78 is 66.6. The van der Waals surface area contributed by atoms with Gasteiger partial charge in [0, 0.05) is 6.42 Å². The number of hydrogen-bond acceptors (Lipinski definition) is 3. The van der Waals surface area contributed by atoms with Crippen LogP contribution in [-0.4, -0.2) is 8.42 Å². The van der Waals surface area contributed by atoms with Crippen LogP contribution in [0.4, 0.5) is 13.2 Å². The highest BCUT2D eigenvalue weighted by molar-refractivity contribution is 7.89. The summed E-state index contributed by atoms with van der Waals surface area (Å²) in [5.74, 6) is 0.365. The fourth-order valence-corrected chi connectivity index (χ4v) is 3.07. The summed E-state index contributed by atoms with van der Waals surface area (Å²) in [7, 11) is -3.85. The summed E-state index contributed by atoms with van der Waals surface area (Å²) in [5.41, 5.74) is 0.242. The van der Waals surface area contributed by atoms with Gasteiger partial charge < -0.3 is 4.74 Å². The number of hydrogen-bond donors (Lipinski definition) is 1. The van der Waals surface area contributed by atoms with Gasteiger partial charge >= 0.3 is 6.18 Å². The van der Waals surface area contributed by atoms with Crippen molar-refractivity contribution in [1.82, 2.24) is 0 Å². The van der Waals surface area contributed by atoms with Crippen LogP contribution in [0.1, 0.15) is 22.8 Å². The quantitative estimate of drug-likeness (QED) is 0.911. The third-order valence-electron chi connectivity index (χ3n) is 3.62. The Hall–Kier alpha value is -2.06. The van der Waals surface area contributed by atoms with Gasteiger partial charge in [-0.1, -0.05) is 12.1 Å². The summed E-state index contributed by atoms with van der Waals surface area (Å²) in [4.78, 5) is -0.0643. The van der Waals surface area contributed by atoms with E-state index in [-0.39, 0.29) is 11.3 Å². The first kappa shape index (κ1) is 15.8. The van der Waals surface area contributed by atoms with Crippen LogP contribution in [0.5, 0.6) is 5.75 Å². The Labute approximate surface area is 130 Å². The maximum Gasteiger partial charge on any atom is 0.416 e. The molecular formula is C15H12F3NO3S. The fraction of sp³-hybridized carbons (Fsp3) is 0.200. The van der Waals surface area contributed by atoms with Gasteiger partial charge in [0.15, 0.2) is 0 Å². The molecule has 0 aliphatic carbocycles. The van der Waals surface area contributed by atoms with Crippen LogP contribution in [-0.2, 0) is 22.6 Å². The van der Waals surface area contributed by atoms with Crippen LogP contribution >= 0.6 is 0 Å². The standard InChI is InChI=1S/C15H12F3NO3S/c16-15(17,18)11-4-5-13-10(6-11)8-14(22-13)9-2-1-3-12(7-9)23(19,20)21/h1-7,14H,8H2,(H2,19,20,21). The zero-order valence-corrected chi connectivity index (χ0v) is 12.5. The number of primary sulfonamides is 1. The van der Waals surface area contributed by atoms with Crippen molar-refractivity contribution < 1.29 is 26.3 Å². The average Bonchev–Trinajstić information content (AvgIpc) is 2.88. The van der Waals surface area contributed by atoms with Gasteiger partial charge in [0.25, 0.3) is 0 Å². The van der Waals surface area contributed by atoms with E-state index in [1.807, 2.05) is 0 Å². The second-order valence-electron chi connectivity index (χ2n) is 5.25. The molecule has 0 amide bonds. The number of alkyl halides is 3. The Bertz CT molecular complexity index is 863. The topological polar surface area (TPSA) is 69.4 Å². The molecule has 0 bridgehead atoms. The summed E-state index contributed by atoms with van der Waals surface area (Å²) in [6.45, 7) is 0. The molecule has 1 atom stereocenters. The molecule has 8 heteroatoms. The van der Waals surface area contributed by atoms with Crippen LogP contribution in [0.3, 0.4) is 0 Å². The van der Waals surface area contributed by atoms with E-state index in [0.717, 1.165) is 12.1 Å². The molecule has 3 rings (SSSR count). The molecule has 2 aromatic carbocycles. The van der Waals surface area contributed by atoms with Gasteiger partial charge in [-0.2, -0.15) is 13.2 Å². The van der Waals surface area contributed by atoms with E-state index in [2.05, 4.69) is 0 Å². The number of nitrogens with two attached hydrogens (primary N) is 1. The molecule has 2 aromatic rings. The van der Waals surface area contributed by atoms with Crippen molar-refractivity contribution in [2.45, 2.75) is 23.6 Å². The molecule has 23 heavy (non-hydrogen) atoms. The predicted molar refractivity (Wildman–Crippen MR) is 76.3 cm³/mol. The average molecular weight is 343 g/mol. The Balaban J connectivity index is 1.91. The molecule has 0 spiro atoms. The minimum Gasteiger partial charge on any atom is -0.485 e. The number of benzene rings is 2. The Kier molecular flexibility index (Phi) is 3.61. The zero-order valence-electron chi connectivity index (χ0n) is 11.7. The number of halogens is 3. The van der Waals surface area contributed by atoms with E-state index in [9.17, 15) is 21.6 Å². The SMILES string of the molecule is NS(=O)(=O)c1cccc(C2Cc3cc(C(F)(F)F)ccc3O2)c1. The van der Waals surface area contributed by atoms with Crippen LogP contribution in [0.2, 0.25) is 0 Å². The number of ether oxygens (including phenoxy) is 1. The summed E-state index contributed by atoms with van der Waals surface area (Å²) in [5, 5.41) is 5.08. The normalized spacial score (nSPS) is 17.7. The molecule has 1 aliphatic rings. The van der Waals surface area contributed by atoms with Crippen LogP contribution < -0.4 is 9.88 Å². The largest absolute Gasteiger partial charge is 0.485 e. The van der Waals surface area contributed by atoms with Gasteiger partial charge in [0.05, 0.1) is 10.5 Å². The van der Waals surface area contributed by atoms with Gasteiger partial charge in [0.1, 0.15) is 11.9 Å². The Morgan fingerprint density at radius 1 is 1.13 bits per heavy atom. The van der Waals surface area contributed by atoms with Crippen molar-refractivity contribution in [3.8, 4) is 5.75 Å². The zero-order chi connectivity index (χ0) is 16.8. The van der Waals surface area contributed by atoms with Gasteiger partial charge in [-0.25, -0.2) is 13.6 Å². The fourth-order valence-electron chi connectivity index (χ4n) is 2.50. The summed E-state index contributed by atoms with van der Waals surface area (Å²) in [6, 6.07) is 9.18. The van der Waals surface area contributed by atoms with Crippen molar-refractivity contribution in [3.63, 3.8) is 0 Å². The van der Waals surface area contributed by atoms with Crippen molar-refractivity contribution in [2.24, 2.45) is 5.14 Å². The molecule has 0 saturated heterocycles. The highest BCUT2D eigenvalue weighted by Crippen LogP contribution is 2.40. The van der Waals surface area contributed by atoms with Crippen molar-refractivity contribution in [2.75, 3.05) is 0 Å². The molecule has 0 aromatic heterocycles. The van der Waals surface area contributed by atoms with E-state index in [1.54, 1.807) is 6.07 Å². The van der Waals surface area contributed by atoms with Crippen molar-refractivity contribution >= 4 is 10.0 Å². The predicted octanol–water partition coefficient (Wildman–Crippen LogP) is 3.03. The van der Waals surface area contributed by atoms with Crippen LogP contribution in [0.15, 0.2) is 47.4 Å². The molecule has 0 radical (unpaired) electrons. The molecule has 1 heterocycles. The third-order valence-corrected chi connectivity index (χ3v) is 4.53. The third kappa shape index (κ3) is 3.18. The first-order chi connectivity index (χ1) is 10.6. The van der Waals surface area contributed by atoms with Crippen LogP contribution in [0, 0.1) is 0 Å². The highest BCUT2D eigenvalue weighted by atomic mass is 32.2. The van der Waals surface area contributed by atoms with Gasteiger partial charge in [-0.3, -0.25) is 0 Å². The molecular weight excluding hydrogens is 331 g/mol. The molecule has 0 saturated carbocycles. The molecule has 2 N–H and O–H groups in total. The van der Waals surface area contributed by atoms with E-state index in [0.29, 0.717) is 16.9 Å².